The van der Waals surface area contributed by atoms with Gasteiger partial charge in [-0.1, -0.05) is 0 Å². The van der Waals surface area contributed by atoms with Crippen molar-refractivity contribution in [3.8, 4) is 0 Å². The van der Waals surface area contributed by atoms with E-state index in [1.54, 1.807) is 6.33 Å². The van der Waals surface area contributed by atoms with Crippen LogP contribution in [0.15, 0.2) is 12.7 Å². The highest BCUT2D eigenvalue weighted by molar-refractivity contribution is 7.95. The number of hydrogen-bond donors (Lipinski definition) is 1. The van der Waals surface area contributed by atoms with Crippen LogP contribution in [0.1, 0.15) is 19.1 Å². The van der Waals surface area contributed by atoms with Gasteiger partial charge >= 0.3 is 0 Å². The molecule has 7 heteroatoms. The molecular weight excluding hydrogens is 262 g/mol. The molecule has 0 aliphatic carbocycles. The number of hydrogen-bond acceptors (Lipinski definition) is 5. The number of rotatable bonds is 3. The molecule has 2 N–H and O–H groups in total. The van der Waals surface area contributed by atoms with Gasteiger partial charge in [0.05, 0.1) is 18.8 Å². The molecule has 0 unspecified atom stereocenters. The summed E-state index contributed by atoms with van der Waals surface area (Å²) >= 11 is 0. The van der Waals surface area contributed by atoms with E-state index >= 15 is 0 Å². The van der Waals surface area contributed by atoms with Crippen LogP contribution in [-0.2, 0) is 15.6 Å². The fraction of sp³-hybridized carbons (Fsp3) is 0.583. The molecule has 0 saturated carbocycles. The predicted octanol–water partition coefficient (Wildman–Crippen LogP) is 0.964. The van der Waals surface area contributed by atoms with Gasteiger partial charge in [0.2, 0.25) is 0 Å². The van der Waals surface area contributed by atoms with Gasteiger partial charge in [0, 0.05) is 0 Å². The van der Waals surface area contributed by atoms with E-state index in [0.29, 0.717) is 28.3 Å². The van der Waals surface area contributed by atoms with Crippen LogP contribution in [0, 0.1) is 0 Å². The Balaban J connectivity index is 1.84. The average Bonchev–Trinajstić information content (AvgIpc) is 2.95. The Labute approximate surface area is 114 Å². The summed E-state index contributed by atoms with van der Waals surface area (Å²) < 4.78 is 8.06. The summed E-state index contributed by atoms with van der Waals surface area (Å²) in [5, 5.41) is 0. The first kappa shape index (κ1) is 12.7. The van der Waals surface area contributed by atoms with Crippen molar-refractivity contribution in [2.75, 3.05) is 24.0 Å². The minimum Gasteiger partial charge on any atom is -0.382 e. The van der Waals surface area contributed by atoms with E-state index in [-0.39, 0.29) is 6.23 Å². The maximum Gasteiger partial charge on any atom is 0.167 e. The van der Waals surface area contributed by atoms with Crippen LogP contribution >= 0.6 is 0 Å². The standard InChI is InChI=1S/C12H18N5OS/c1-19(2)5-8-3-4-9(18-8)17-7-16-10-11(13)14-6-15-12(10)17/h6-9H,3-5H2,1-2H3,(H2,13,14,15)/q+1/t8-,9+/m0/s1. The minimum atomic E-state index is 0.0212. The summed E-state index contributed by atoms with van der Waals surface area (Å²) in [5.41, 5.74) is 7.20. The number of fused-ring (bicyclic) bond motifs is 1. The van der Waals surface area contributed by atoms with Gasteiger partial charge in [0.15, 0.2) is 11.5 Å². The Morgan fingerprint density at radius 3 is 3.00 bits per heavy atom. The van der Waals surface area contributed by atoms with Crippen LogP contribution < -0.4 is 5.73 Å². The van der Waals surface area contributed by atoms with Gasteiger partial charge in [0.1, 0.15) is 29.9 Å². The summed E-state index contributed by atoms with van der Waals surface area (Å²) in [7, 11) is 0.407. The van der Waals surface area contributed by atoms with Gasteiger partial charge in [-0.2, -0.15) is 0 Å². The van der Waals surface area contributed by atoms with Gasteiger partial charge in [-0.3, -0.25) is 4.57 Å². The molecule has 6 nitrogen and oxygen atoms in total. The first-order valence-electron chi connectivity index (χ1n) is 6.28. The van der Waals surface area contributed by atoms with Crippen LogP contribution in [-0.4, -0.2) is 43.9 Å². The van der Waals surface area contributed by atoms with E-state index in [2.05, 4.69) is 27.5 Å². The minimum absolute atomic E-state index is 0.0212. The van der Waals surface area contributed by atoms with E-state index in [0.717, 1.165) is 24.2 Å². The molecule has 0 amide bonds. The molecule has 0 radical (unpaired) electrons. The summed E-state index contributed by atoms with van der Waals surface area (Å²) in [6, 6.07) is 0. The summed E-state index contributed by atoms with van der Waals surface area (Å²) in [5.74, 6) is 1.54. The number of imidazole rings is 1. The van der Waals surface area contributed by atoms with E-state index < -0.39 is 0 Å². The lowest BCUT2D eigenvalue weighted by molar-refractivity contribution is 0.0151. The second kappa shape index (κ2) is 4.97. The van der Waals surface area contributed by atoms with Crippen LogP contribution in [0.25, 0.3) is 11.2 Å². The van der Waals surface area contributed by atoms with Crippen molar-refractivity contribution in [3.63, 3.8) is 0 Å². The molecule has 19 heavy (non-hydrogen) atoms. The molecule has 3 rings (SSSR count). The number of nitrogen functional groups attached to an aromatic ring is 1. The molecule has 3 heterocycles. The molecule has 102 valence electrons. The third kappa shape index (κ3) is 2.40. The predicted molar refractivity (Wildman–Crippen MR) is 77.0 cm³/mol. The molecule has 0 aromatic carbocycles. The lowest BCUT2D eigenvalue weighted by atomic mass is 10.2. The third-order valence-electron chi connectivity index (χ3n) is 3.30. The van der Waals surface area contributed by atoms with Crippen LogP contribution in [0.3, 0.4) is 0 Å². The second-order valence-corrected chi connectivity index (χ2v) is 7.33. The molecule has 2 aromatic rings. The number of ether oxygens (including phenoxy) is 1. The van der Waals surface area contributed by atoms with E-state index in [9.17, 15) is 0 Å². The van der Waals surface area contributed by atoms with Crippen LogP contribution in [0.5, 0.6) is 0 Å². The fourth-order valence-electron chi connectivity index (χ4n) is 2.47. The van der Waals surface area contributed by atoms with E-state index in [4.69, 9.17) is 10.5 Å². The molecule has 0 spiro atoms. The lowest BCUT2D eigenvalue weighted by Crippen LogP contribution is -2.19. The topological polar surface area (TPSA) is 78.9 Å². The largest absolute Gasteiger partial charge is 0.382 e. The van der Waals surface area contributed by atoms with Crippen molar-refractivity contribution >= 4 is 27.9 Å². The average molecular weight is 280 g/mol. The highest BCUT2D eigenvalue weighted by atomic mass is 32.2. The molecule has 2 aromatic heterocycles. The molecule has 1 aliphatic rings. The number of nitrogens with two attached hydrogens (primary N) is 1. The monoisotopic (exact) mass is 280 g/mol. The first-order valence-corrected chi connectivity index (χ1v) is 8.49. The normalized spacial score (nSPS) is 23.5. The molecule has 1 saturated heterocycles. The van der Waals surface area contributed by atoms with E-state index in [1.807, 2.05) is 4.57 Å². The van der Waals surface area contributed by atoms with Gasteiger partial charge in [-0.05, 0) is 23.7 Å². The number of anilines is 1. The Hall–Kier alpha value is -1.34. The Kier molecular flexibility index (Phi) is 3.32. The first-order chi connectivity index (χ1) is 9.15. The summed E-state index contributed by atoms with van der Waals surface area (Å²) in [6.45, 7) is 0. The molecule has 1 fully saturated rings. The fourth-order valence-corrected chi connectivity index (χ4v) is 3.46. The summed E-state index contributed by atoms with van der Waals surface area (Å²) in [4.78, 5) is 12.5. The molecule has 0 bridgehead atoms. The van der Waals surface area contributed by atoms with Gasteiger partial charge < -0.3 is 10.5 Å². The Morgan fingerprint density at radius 1 is 1.37 bits per heavy atom. The lowest BCUT2D eigenvalue weighted by Gasteiger charge is -2.14. The third-order valence-corrected chi connectivity index (χ3v) is 4.34. The van der Waals surface area contributed by atoms with Crippen molar-refractivity contribution < 1.29 is 4.74 Å². The Bertz CT molecular complexity index is 585. The smallest absolute Gasteiger partial charge is 0.167 e. The van der Waals surface area contributed by atoms with Crippen molar-refractivity contribution in [3.05, 3.63) is 12.7 Å². The molecule has 2 atom stereocenters. The van der Waals surface area contributed by atoms with Crippen LogP contribution in [0.4, 0.5) is 5.82 Å². The SMILES string of the molecule is C[S+](C)C[C@@H]1CC[C@H](n2cnc3c(N)ncnc32)O1. The summed E-state index contributed by atoms with van der Waals surface area (Å²) in [6.07, 6.45) is 10.2. The Morgan fingerprint density at radius 2 is 2.21 bits per heavy atom. The number of nitrogens with zero attached hydrogens (tertiary/aromatic N) is 4. The highest BCUT2D eigenvalue weighted by Crippen LogP contribution is 2.31. The zero-order chi connectivity index (χ0) is 13.4. The van der Waals surface area contributed by atoms with Crippen molar-refractivity contribution in [2.45, 2.75) is 25.2 Å². The molecule has 1 aliphatic heterocycles. The zero-order valence-corrected chi connectivity index (χ0v) is 11.9. The van der Waals surface area contributed by atoms with Gasteiger partial charge in [-0.15, -0.1) is 0 Å². The zero-order valence-electron chi connectivity index (χ0n) is 11.1. The van der Waals surface area contributed by atoms with E-state index in [1.165, 1.54) is 6.33 Å². The van der Waals surface area contributed by atoms with Crippen molar-refractivity contribution in [2.24, 2.45) is 0 Å². The van der Waals surface area contributed by atoms with Crippen LogP contribution in [0.2, 0.25) is 0 Å². The van der Waals surface area contributed by atoms with Gasteiger partial charge in [0.25, 0.3) is 0 Å². The second-order valence-electron chi connectivity index (χ2n) is 5.03. The quantitative estimate of drug-likeness (QED) is 0.847. The van der Waals surface area contributed by atoms with Crippen molar-refractivity contribution in [1.29, 1.82) is 0 Å². The highest BCUT2D eigenvalue weighted by Gasteiger charge is 2.30. The number of aromatic nitrogens is 4. The maximum absolute atomic E-state index is 6.09. The maximum atomic E-state index is 6.09. The van der Waals surface area contributed by atoms with Crippen molar-refractivity contribution in [1.82, 2.24) is 19.5 Å². The molecular formula is C12H18N5OS+. The van der Waals surface area contributed by atoms with Gasteiger partial charge in [-0.25, -0.2) is 15.0 Å².